The molecule has 0 saturated heterocycles. The van der Waals surface area contributed by atoms with Crippen LogP contribution in [0.25, 0.3) is 0 Å². The minimum Gasteiger partial charge on any atom is -0.496 e. The Morgan fingerprint density at radius 2 is 1.53 bits per heavy atom. The summed E-state index contributed by atoms with van der Waals surface area (Å²) in [4.78, 5) is 12.0. The molecule has 0 aliphatic carbocycles. The first-order valence-electron chi connectivity index (χ1n) is 13.2. The van der Waals surface area contributed by atoms with Crippen molar-refractivity contribution in [2.75, 3.05) is 7.11 Å². The summed E-state index contributed by atoms with van der Waals surface area (Å²) >= 11 is 5.33. The SMILES string of the molecule is CCCCCCCCCCCCCCCc1cccc(OC)c1C1NC(=S)NC(C)=C1C(=O)O. The Morgan fingerprint density at radius 3 is 2.06 bits per heavy atom. The zero-order chi connectivity index (χ0) is 24.8. The van der Waals surface area contributed by atoms with E-state index in [1.54, 1.807) is 14.0 Å². The highest BCUT2D eigenvalue weighted by Crippen LogP contribution is 2.36. The average molecular weight is 489 g/mol. The van der Waals surface area contributed by atoms with Gasteiger partial charge in [-0.05, 0) is 43.6 Å². The molecule has 3 N–H and O–H groups in total. The molecule has 0 fully saturated rings. The standard InChI is InChI=1S/C28H44N2O3S/c1-4-5-6-7-8-9-10-11-12-13-14-15-16-18-22-19-17-20-23(33-3)25(22)26-24(27(31)32)21(2)29-28(34)30-26/h17,19-20,26H,4-16,18H2,1-3H3,(H,31,32)(H2,29,30,34). The minimum atomic E-state index is -0.956. The first-order chi connectivity index (χ1) is 16.5. The maximum absolute atomic E-state index is 12.0. The summed E-state index contributed by atoms with van der Waals surface area (Å²) in [6.07, 6.45) is 18.1. The number of benzene rings is 1. The van der Waals surface area contributed by atoms with Gasteiger partial charge in [0.15, 0.2) is 5.11 Å². The summed E-state index contributed by atoms with van der Waals surface area (Å²) in [7, 11) is 1.63. The lowest BCUT2D eigenvalue weighted by Gasteiger charge is -2.31. The lowest BCUT2D eigenvalue weighted by molar-refractivity contribution is -0.133. The van der Waals surface area contributed by atoms with Crippen LogP contribution in [0.5, 0.6) is 5.75 Å². The van der Waals surface area contributed by atoms with E-state index in [0.717, 1.165) is 24.0 Å². The molecule has 1 aliphatic heterocycles. The quantitative estimate of drug-likeness (QED) is 0.159. The summed E-state index contributed by atoms with van der Waals surface area (Å²) < 4.78 is 5.64. The molecule has 0 bridgehead atoms. The number of carboxylic acids is 1. The summed E-state index contributed by atoms with van der Waals surface area (Å²) in [5.74, 6) is -0.260. The maximum atomic E-state index is 12.0. The van der Waals surface area contributed by atoms with Crippen molar-refractivity contribution >= 4 is 23.3 Å². The van der Waals surface area contributed by atoms with Crippen LogP contribution in [0.3, 0.4) is 0 Å². The van der Waals surface area contributed by atoms with E-state index in [0.29, 0.717) is 16.6 Å². The van der Waals surface area contributed by atoms with Crippen LogP contribution in [-0.4, -0.2) is 23.3 Å². The van der Waals surface area contributed by atoms with Gasteiger partial charge in [-0.2, -0.15) is 0 Å². The monoisotopic (exact) mass is 488 g/mol. The fourth-order valence-corrected chi connectivity index (χ4v) is 5.11. The molecule has 1 unspecified atom stereocenters. The lowest BCUT2D eigenvalue weighted by Crippen LogP contribution is -2.45. The molecule has 1 aliphatic rings. The fourth-order valence-electron chi connectivity index (χ4n) is 4.84. The molecule has 1 atom stereocenters. The van der Waals surface area contributed by atoms with E-state index in [1.807, 2.05) is 12.1 Å². The Balaban J connectivity index is 1.83. The molecule has 0 spiro atoms. The van der Waals surface area contributed by atoms with Crippen LogP contribution in [0.2, 0.25) is 0 Å². The van der Waals surface area contributed by atoms with Gasteiger partial charge in [0.25, 0.3) is 0 Å². The smallest absolute Gasteiger partial charge is 0.335 e. The zero-order valence-corrected chi connectivity index (χ0v) is 22.2. The van der Waals surface area contributed by atoms with Gasteiger partial charge in [0.1, 0.15) is 5.75 Å². The second kappa shape index (κ2) is 15.8. The third-order valence-corrected chi connectivity index (χ3v) is 6.93. The molecule has 34 heavy (non-hydrogen) atoms. The van der Waals surface area contributed by atoms with Crippen molar-refractivity contribution in [1.82, 2.24) is 10.6 Å². The largest absolute Gasteiger partial charge is 0.496 e. The molecule has 1 aromatic rings. The molecular weight excluding hydrogens is 444 g/mol. The Hall–Kier alpha value is -2.08. The van der Waals surface area contributed by atoms with Gasteiger partial charge in [0.2, 0.25) is 0 Å². The molecule has 190 valence electrons. The van der Waals surface area contributed by atoms with E-state index in [-0.39, 0.29) is 5.57 Å². The average Bonchev–Trinajstić information content (AvgIpc) is 2.81. The van der Waals surface area contributed by atoms with E-state index >= 15 is 0 Å². The summed E-state index contributed by atoms with van der Waals surface area (Å²) in [6, 6.07) is 5.43. The number of methoxy groups -OCH3 is 1. The van der Waals surface area contributed by atoms with E-state index < -0.39 is 12.0 Å². The highest BCUT2D eigenvalue weighted by Gasteiger charge is 2.33. The van der Waals surface area contributed by atoms with E-state index in [9.17, 15) is 9.90 Å². The predicted octanol–water partition coefficient (Wildman–Crippen LogP) is 7.21. The van der Waals surface area contributed by atoms with Crippen LogP contribution in [0.1, 0.15) is 114 Å². The van der Waals surface area contributed by atoms with Crippen LogP contribution in [-0.2, 0) is 11.2 Å². The molecule has 6 heteroatoms. The van der Waals surface area contributed by atoms with Crippen molar-refractivity contribution in [3.63, 3.8) is 0 Å². The number of rotatable bonds is 17. The second-order valence-electron chi connectivity index (χ2n) is 9.40. The van der Waals surface area contributed by atoms with Crippen LogP contribution < -0.4 is 15.4 Å². The van der Waals surface area contributed by atoms with Gasteiger partial charge in [-0.15, -0.1) is 0 Å². The van der Waals surface area contributed by atoms with Crippen LogP contribution in [0, 0.1) is 0 Å². The van der Waals surface area contributed by atoms with Crippen LogP contribution in [0.15, 0.2) is 29.5 Å². The number of nitrogens with one attached hydrogen (secondary N) is 2. The molecule has 0 radical (unpaired) electrons. The zero-order valence-electron chi connectivity index (χ0n) is 21.4. The Labute approximate surface area is 211 Å². The molecule has 0 amide bonds. The number of thiocarbonyl (C=S) groups is 1. The molecular formula is C28H44N2O3S. The van der Waals surface area contributed by atoms with Crippen LogP contribution in [0.4, 0.5) is 0 Å². The van der Waals surface area contributed by atoms with Gasteiger partial charge in [-0.3, -0.25) is 0 Å². The summed E-state index contributed by atoms with van der Waals surface area (Å²) in [5.41, 5.74) is 2.85. The molecule has 2 rings (SSSR count). The number of ether oxygens (including phenoxy) is 1. The van der Waals surface area contributed by atoms with Gasteiger partial charge in [-0.25, -0.2) is 4.79 Å². The number of unbranched alkanes of at least 4 members (excludes halogenated alkanes) is 12. The van der Waals surface area contributed by atoms with E-state index in [2.05, 4.69) is 23.6 Å². The number of aryl methyl sites for hydroxylation is 1. The van der Waals surface area contributed by atoms with Crippen molar-refractivity contribution in [1.29, 1.82) is 0 Å². The third-order valence-electron chi connectivity index (χ3n) is 6.71. The lowest BCUT2D eigenvalue weighted by atomic mass is 9.89. The van der Waals surface area contributed by atoms with Crippen LogP contribution >= 0.6 is 12.2 Å². The van der Waals surface area contributed by atoms with E-state index in [1.165, 1.54) is 77.0 Å². The molecule has 1 heterocycles. The maximum Gasteiger partial charge on any atom is 0.335 e. The predicted molar refractivity (Wildman–Crippen MR) is 144 cm³/mol. The van der Waals surface area contributed by atoms with Crippen molar-refractivity contribution in [2.24, 2.45) is 0 Å². The number of carboxylic acid groups (broad SMARTS) is 1. The number of hydrogen-bond acceptors (Lipinski definition) is 3. The van der Waals surface area contributed by atoms with Crippen molar-refractivity contribution in [3.8, 4) is 5.75 Å². The van der Waals surface area contributed by atoms with Gasteiger partial charge in [-0.1, -0.05) is 96.1 Å². The second-order valence-corrected chi connectivity index (χ2v) is 9.81. The van der Waals surface area contributed by atoms with Gasteiger partial charge in [0.05, 0.1) is 18.7 Å². The molecule has 0 aromatic heterocycles. The van der Waals surface area contributed by atoms with E-state index in [4.69, 9.17) is 17.0 Å². The first kappa shape index (κ1) is 28.2. The fraction of sp³-hybridized carbons (Fsp3) is 0.643. The Bertz CT molecular complexity index is 822. The summed E-state index contributed by atoms with van der Waals surface area (Å²) in [5, 5.41) is 16.4. The summed E-state index contributed by atoms with van der Waals surface area (Å²) in [6.45, 7) is 4.02. The highest BCUT2D eigenvalue weighted by molar-refractivity contribution is 7.80. The highest BCUT2D eigenvalue weighted by atomic mass is 32.1. The molecule has 0 saturated carbocycles. The first-order valence-corrected chi connectivity index (χ1v) is 13.6. The van der Waals surface area contributed by atoms with Gasteiger partial charge in [0, 0.05) is 11.3 Å². The Morgan fingerprint density at radius 1 is 0.971 bits per heavy atom. The normalized spacial score (nSPS) is 15.7. The van der Waals surface area contributed by atoms with Crippen molar-refractivity contribution < 1.29 is 14.6 Å². The van der Waals surface area contributed by atoms with Gasteiger partial charge >= 0.3 is 5.97 Å². The molecule has 1 aromatic carbocycles. The molecule has 5 nitrogen and oxygen atoms in total. The van der Waals surface area contributed by atoms with Crippen molar-refractivity contribution in [3.05, 3.63) is 40.6 Å². The topological polar surface area (TPSA) is 70.6 Å². The number of allylic oxidation sites excluding steroid dienone is 1. The number of hydrogen-bond donors (Lipinski definition) is 3. The number of aliphatic carboxylic acids is 1. The third kappa shape index (κ3) is 8.94. The van der Waals surface area contributed by atoms with Crippen molar-refractivity contribution in [2.45, 2.75) is 110 Å². The van der Waals surface area contributed by atoms with Gasteiger partial charge < -0.3 is 20.5 Å². The number of carbonyl (C=O) groups is 1. The Kier molecular flexibility index (Phi) is 13.0. The minimum absolute atomic E-state index is 0.282.